The van der Waals surface area contributed by atoms with Gasteiger partial charge in [-0.3, -0.25) is 9.89 Å². The van der Waals surface area contributed by atoms with Crippen LogP contribution < -0.4 is 0 Å². The summed E-state index contributed by atoms with van der Waals surface area (Å²) >= 11 is 5.93. The minimum absolute atomic E-state index is 0.0351. The van der Waals surface area contributed by atoms with Crippen molar-refractivity contribution in [3.8, 4) is 0 Å². The fourth-order valence-corrected chi connectivity index (χ4v) is 2.98. The number of amides is 1. The molecule has 1 unspecified atom stereocenters. The number of fused-ring (bicyclic) bond motifs is 1. The lowest BCUT2D eigenvalue weighted by atomic mass is 10.0. The highest BCUT2D eigenvalue weighted by Crippen LogP contribution is 2.32. The van der Waals surface area contributed by atoms with Crippen molar-refractivity contribution in [2.24, 2.45) is 0 Å². The first-order valence-corrected chi connectivity index (χ1v) is 7.62. The zero-order valence-electron chi connectivity index (χ0n) is 12.9. The molecule has 2 heterocycles. The number of hydrogen-bond acceptors (Lipinski definition) is 3. The van der Waals surface area contributed by atoms with Gasteiger partial charge in [0.15, 0.2) is 11.8 Å². The van der Waals surface area contributed by atoms with Crippen LogP contribution in [-0.4, -0.2) is 52.0 Å². The van der Waals surface area contributed by atoms with Gasteiger partial charge in [-0.05, 0) is 32.0 Å². The maximum atomic E-state index is 13.1. The van der Waals surface area contributed by atoms with Crippen LogP contribution in [0, 0.1) is 0 Å². The maximum absolute atomic E-state index is 13.1. The van der Waals surface area contributed by atoms with E-state index < -0.39 is 30.3 Å². The van der Waals surface area contributed by atoms with E-state index in [0.717, 1.165) is 4.90 Å². The van der Waals surface area contributed by atoms with Crippen molar-refractivity contribution in [3.05, 3.63) is 28.9 Å². The maximum Gasteiger partial charge on any atom is 0.416 e. The number of H-pyrrole nitrogens is 1. The van der Waals surface area contributed by atoms with E-state index in [1.54, 1.807) is 18.2 Å². The van der Waals surface area contributed by atoms with Gasteiger partial charge in [-0.2, -0.15) is 18.3 Å². The second-order valence-electron chi connectivity index (χ2n) is 6.36. The number of halogens is 4. The predicted octanol–water partition coefficient (Wildman–Crippen LogP) is 3.40. The molecule has 0 spiro atoms. The Labute approximate surface area is 140 Å². The number of ether oxygens (including phenoxy) is 1. The summed E-state index contributed by atoms with van der Waals surface area (Å²) in [6.07, 6.45) is -6.58. The minimum Gasteiger partial charge on any atom is -0.359 e. The molecule has 1 amide bonds. The molecule has 2 aromatic rings. The van der Waals surface area contributed by atoms with Gasteiger partial charge in [-0.1, -0.05) is 11.6 Å². The Kier molecular flexibility index (Phi) is 4.00. The lowest BCUT2D eigenvalue weighted by Gasteiger charge is -2.42. The lowest BCUT2D eigenvalue weighted by Crippen LogP contribution is -2.58. The summed E-state index contributed by atoms with van der Waals surface area (Å²) < 4.78 is 44.3. The van der Waals surface area contributed by atoms with Crippen molar-refractivity contribution in [2.75, 3.05) is 13.1 Å². The molecule has 1 aliphatic rings. The summed E-state index contributed by atoms with van der Waals surface area (Å²) in [5.41, 5.74) is -0.480. The third-order valence-corrected chi connectivity index (χ3v) is 4.03. The molecule has 1 saturated heterocycles. The van der Waals surface area contributed by atoms with E-state index in [4.69, 9.17) is 16.3 Å². The molecule has 3 rings (SSSR count). The molecular formula is C15H15ClF3N3O2. The summed E-state index contributed by atoms with van der Waals surface area (Å²) in [6, 6.07) is 4.84. The molecule has 0 aliphatic carbocycles. The quantitative estimate of drug-likeness (QED) is 0.847. The average Bonchev–Trinajstić information content (AvgIpc) is 2.86. The number of carbonyl (C=O) groups is 1. The van der Waals surface area contributed by atoms with Gasteiger partial charge in [0, 0.05) is 17.0 Å². The van der Waals surface area contributed by atoms with Gasteiger partial charge < -0.3 is 9.64 Å². The fraction of sp³-hybridized carbons (Fsp3) is 0.467. The Morgan fingerprint density at radius 2 is 2.17 bits per heavy atom. The van der Waals surface area contributed by atoms with E-state index in [2.05, 4.69) is 10.2 Å². The van der Waals surface area contributed by atoms with E-state index in [1.165, 1.54) is 13.8 Å². The predicted molar refractivity (Wildman–Crippen MR) is 82.0 cm³/mol. The summed E-state index contributed by atoms with van der Waals surface area (Å²) in [4.78, 5) is 13.8. The van der Waals surface area contributed by atoms with Crippen molar-refractivity contribution in [1.29, 1.82) is 0 Å². The van der Waals surface area contributed by atoms with Gasteiger partial charge in [0.1, 0.15) is 0 Å². The molecule has 1 aromatic heterocycles. The second kappa shape index (κ2) is 5.63. The van der Waals surface area contributed by atoms with Crippen molar-refractivity contribution < 1.29 is 22.7 Å². The molecule has 0 bridgehead atoms. The van der Waals surface area contributed by atoms with Gasteiger partial charge >= 0.3 is 6.18 Å². The smallest absolute Gasteiger partial charge is 0.359 e. The summed E-state index contributed by atoms with van der Waals surface area (Å²) in [7, 11) is 0. The number of aromatic nitrogens is 2. The van der Waals surface area contributed by atoms with Gasteiger partial charge in [-0.25, -0.2) is 0 Å². The second-order valence-corrected chi connectivity index (χ2v) is 6.79. The summed E-state index contributed by atoms with van der Waals surface area (Å²) in [5.74, 6) is -0.589. The number of aromatic amines is 1. The number of nitrogens with one attached hydrogen (secondary N) is 1. The van der Waals surface area contributed by atoms with Gasteiger partial charge in [0.05, 0.1) is 17.7 Å². The molecule has 130 valence electrons. The number of rotatable bonds is 1. The number of hydrogen-bond donors (Lipinski definition) is 1. The Morgan fingerprint density at radius 1 is 1.46 bits per heavy atom. The summed E-state index contributed by atoms with van der Waals surface area (Å²) in [5, 5.41) is 7.52. The highest BCUT2D eigenvalue weighted by atomic mass is 35.5. The minimum atomic E-state index is -4.55. The average molecular weight is 362 g/mol. The van der Waals surface area contributed by atoms with Crippen LogP contribution in [0.2, 0.25) is 5.02 Å². The van der Waals surface area contributed by atoms with E-state index in [1.807, 2.05) is 0 Å². The zero-order chi connectivity index (χ0) is 17.7. The number of nitrogens with zero attached hydrogens (tertiary/aromatic N) is 2. The Morgan fingerprint density at radius 3 is 2.83 bits per heavy atom. The number of morpholine rings is 1. The third kappa shape index (κ3) is 3.21. The third-order valence-electron chi connectivity index (χ3n) is 3.80. The van der Waals surface area contributed by atoms with Crippen LogP contribution in [0.3, 0.4) is 0 Å². The first kappa shape index (κ1) is 17.0. The van der Waals surface area contributed by atoms with Crippen molar-refractivity contribution in [1.82, 2.24) is 15.1 Å². The first-order chi connectivity index (χ1) is 11.1. The van der Waals surface area contributed by atoms with Gasteiger partial charge in [-0.15, -0.1) is 0 Å². The van der Waals surface area contributed by atoms with E-state index in [0.29, 0.717) is 15.9 Å². The zero-order valence-corrected chi connectivity index (χ0v) is 13.7. The number of alkyl halides is 3. The van der Waals surface area contributed by atoms with Crippen LogP contribution in [0.5, 0.6) is 0 Å². The van der Waals surface area contributed by atoms with Crippen molar-refractivity contribution >= 4 is 28.4 Å². The van der Waals surface area contributed by atoms with Crippen LogP contribution in [0.4, 0.5) is 13.2 Å². The molecule has 1 atom stereocenters. The van der Waals surface area contributed by atoms with E-state index in [9.17, 15) is 18.0 Å². The highest BCUT2D eigenvalue weighted by Gasteiger charge is 2.49. The first-order valence-electron chi connectivity index (χ1n) is 7.24. The van der Waals surface area contributed by atoms with E-state index >= 15 is 0 Å². The van der Waals surface area contributed by atoms with Crippen LogP contribution in [0.1, 0.15) is 24.3 Å². The Balaban J connectivity index is 1.94. The van der Waals surface area contributed by atoms with Crippen LogP contribution in [-0.2, 0) is 4.74 Å². The van der Waals surface area contributed by atoms with Crippen molar-refractivity contribution in [3.63, 3.8) is 0 Å². The van der Waals surface area contributed by atoms with E-state index in [-0.39, 0.29) is 12.2 Å². The molecule has 24 heavy (non-hydrogen) atoms. The van der Waals surface area contributed by atoms with Crippen molar-refractivity contribution in [2.45, 2.75) is 31.7 Å². The lowest BCUT2D eigenvalue weighted by molar-refractivity contribution is -0.267. The topological polar surface area (TPSA) is 58.2 Å². The SMILES string of the molecule is CC1(C)CN(C(=O)c2n[nH]c3ccc(Cl)cc23)CC(C(F)(F)F)O1. The fourth-order valence-electron chi connectivity index (χ4n) is 2.81. The Hall–Kier alpha value is -1.80. The highest BCUT2D eigenvalue weighted by molar-refractivity contribution is 6.31. The number of carbonyl (C=O) groups excluding carboxylic acids is 1. The molecule has 0 radical (unpaired) electrons. The molecule has 1 N–H and O–H groups in total. The molecule has 1 aliphatic heterocycles. The monoisotopic (exact) mass is 361 g/mol. The molecule has 1 aromatic carbocycles. The molecule has 1 fully saturated rings. The normalized spacial score (nSPS) is 21.2. The standard InChI is InChI=1S/C15H15ClF3N3O2/c1-14(2)7-22(6-11(24-14)15(17,18)19)13(23)12-9-5-8(16)3-4-10(9)20-21-12/h3-5,11H,6-7H2,1-2H3,(H,20,21). The molecule has 9 heteroatoms. The molecular weight excluding hydrogens is 347 g/mol. The van der Waals surface area contributed by atoms with Crippen LogP contribution in [0.15, 0.2) is 18.2 Å². The van der Waals surface area contributed by atoms with Gasteiger partial charge in [0.25, 0.3) is 5.91 Å². The van der Waals surface area contributed by atoms with Gasteiger partial charge in [0.2, 0.25) is 0 Å². The van der Waals surface area contributed by atoms with Crippen LogP contribution >= 0.6 is 11.6 Å². The molecule has 5 nitrogen and oxygen atoms in total. The molecule has 0 saturated carbocycles. The Bertz CT molecular complexity index is 788. The largest absolute Gasteiger partial charge is 0.416 e. The number of benzene rings is 1. The summed E-state index contributed by atoms with van der Waals surface area (Å²) in [6.45, 7) is 2.50. The van der Waals surface area contributed by atoms with Crippen LogP contribution in [0.25, 0.3) is 10.9 Å².